The van der Waals surface area contributed by atoms with Crippen molar-refractivity contribution in [3.63, 3.8) is 0 Å². The minimum atomic E-state index is -4.04. The van der Waals surface area contributed by atoms with Crippen molar-refractivity contribution in [2.45, 2.75) is 69.6 Å². The van der Waals surface area contributed by atoms with Gasteiger partial charge < -0.3 is 30.9 Å². The summed E-state index contributed by atoms with van der Waals surface area (Å²) in [5.74, 6) is -9.51. The summed E-state index contributed by atoms with van der Waals surface area (Å²) in [6, 6.07) is 3.67. The van der Waals surface area contributed by atoms with Gasteiger partial charge in [-0.3, -0.25) is 24.2 Å². The number of nitrogens with one attached hydrogen (secondary N) is 3. The van der Waals surface area contributed by atoms with E-state index >= 15 is 13.2 Å². The van der Waals surface area contributed by atoms with Crippen LogP contribution in [0.15, 0.2) is 42.7 Å². The Balaban J connectivity index is 1.34. The molecule has 274 valence electrons. The van der Waals surface area contributed by atoms with Crippen molar-refractivity contribution in [3.05, 3.63) is 70.2 Å². The number of rotatable bonds is 12. The zero-order valence-electron chi connectivity index (χ0n) is 28.3. The van der Waals surface area contributed by atoms with Crippen LogP contribution in [0.4, 0.5) is 18.9 Å². The number of halogens is 3. The van der Waals surface area contributed by atoms with E-state index in [1.807, 2.05) is 7.05 Å². The number of aliphatic hydroxyl groups excluding tert-OH is 1. The number of amides is 4. The van der Waals surface area contributed by atoms with Gasteiger partial charge in [0, 0.05) is 43.9 Å². The number of hydrogen-bond acceptors (Lipinski definition) is 10. The van der Waals surface area contributed by atoms with Crippen LogP contribution in [0.5, 0.6) is 0 Å². The highest BCUT2D eigenvalue weighted by atomic mass is 32.1. The molecule has 5 rings (SSSR count). The van der Waals surface area contributed by atoms with E-state index in [0.717, 1.165) is 49.1 Å². The molecule has 4 N–H and O–H groups in total. The van der Waals surface area contributed by atoms with Gasteiger partial charge in [0.15, 0.2) is 0 Å². The molecule has 0 spiro atoms. The number of hydrogen-bond donors (Lipinski definition) is 4. The van der Waals surface area contributed by atoms with E-state index in [1.54, 1.807) is 11.8 Å². The maximum Gasteiger partial charge on any atom is 0.351 e. The number of carbonyl (C=O) groups excluding carboxylic acids is 4. The summed E-state index contributed by atoms with van der Waals surface area (Å²) in [4.78, 5) is 61.0. The van der Waals surface area contributed by atoms with Gasteiger partial charge in [0.1, 0.15) is 22.8 Å². The third-order valence-corrected chi connectivity index (χ3v) is 10.2. The van der Waals surface area contributed by atoms with Crippen LogP contribution in [0, 0.1) is 11.7 Å². The number of piperazine rings is 1. The summed E-state index contributed by atoms with van der Waals surface area (Å²) in [5.41, 5.74) is -0.450. The summed E-state index contributed by atoms with van der Waals surface area (Å²) >= 11 is 0.872. The molecule has 51 heavy (non-hydrogen) atoms. The predicted octanol–water partition coefficient (Wildman–Crippen LogP) is 3.04. The SMILES string of the molecule is CC(c1ccc(NC(=O)C(NC(=O)C(F)(F)c2ccc(CO)nc2)C2CCCCC2)c(F)c1)C(NC(=O)c1cnns1)C(=O)N1CCN(C)CC1. The summed E-state index contributed by atoms with van der Waals surface area (Å²) < 4.78 is 49.9. The number of aromatic nitrogens is 3. The average molecular weight is 731 g/mol. The van der Waals surface area contributed by atoms with Gasteiger partial charge in [-0.25, -0.2) is 4.39 Å². The lowest BCUT2D eigenvalue weighted by atomic mass is 9.83. The van der Waals surface area contributed by atoms with Crippen LogP contribution in [0.25, 0.3) is 0 Å². The standard InChI is InChI=1S/C34H41F3N8O5S/c1-20(28(41-30(47)27-18-39-43-51-27)32(49)45-14-12-44(2)13-15-45)22-8-11-26(25(35)16-22)40-31(48)29(21-6-4-3-5-7-21)42-33(50)34(36,37)23-9-10-24(19-46)38-17-23/h8-11,16-18,20-21,28-29,46H,3-7,12-15,19H2,1-2H3,(H,40,48)(H,41,47)(H,42,50). The first-order valence-corrected chi connectivity index (χ1v) is 17.6. The molecule has 1 saturated carbocycles. The Hall–Kier alpha value is -4.48. The first-order valence-electron chi connectivity index (χ1n) is 16.8. The lowest BCUT2D eigenvalue weighted by Crippen LogP contribution is -2.55. The van der Waals surface area contributed by atoms with Gasteiger partial charge in [0.05, 0.1) is 24.2 Å². The Labute approximate surface area is 297 Å². The summed E-state index contributed by atoms with van der Waals surface area (Å²) in [7, 11) is 1.95. The topological polar surface area (TPSA) is 170 Å². The maximum atomic E-state index is 15.7. The molecule has 1 saturated heterocycles. The Kier molecular flexibility index (Phi) is 12.4. The third kappa shape index (κ3) is 9.07. The zero-order valence-corrected chi connectivity index (χ0v) is 29.1. The monoisotopic (exact) mass is 730 g/mol. The molecule has 1 aromatic carbocycles. The van der Waals surface area contributed by atoms with Crippen molar-refractivity contribution in [2.24, 2.45) is 5.92 Å². The van der Waals surface area contributed by atoms with Gasteiger partial charge in [-0.2, -0.15) is 8.78 Å². The summed E-state index contributed by atoms with van der Waals surface area (Å²) in [6.07, 6.45) is 5.45. The van der Waals surface area contributed by atoms with Crippen molar-refractivity contribution in [1.29, 1.82) is 0 Å². The van der Waals surface area contributed by atoms with Crippen molar-refractivity contribution in [2.75, 3.05) is 38.5 Å². The second-order valence-corrected chi connectivity index (χ2v) is 13.8. The van der Waals surface area contributed by atoms with Crippen LogP contribution in [0.2, 0.25) is 0 Å². The van der Waals surface area contributed by atoms with Crippen LogP contribution < -0.4 is 16.0 Å². The number of pyridine rings is 1. The molecular weight excluding hydrogens is 689 g/mol. The molecule has 0 bridgehead atoms. The lowest BCUT2D eigenvalue weighted by Gasteiger charge is -2.36. The van der Waals surface area contributed by atoms with Crippen LogP contribution in [-0.2, 0) is 26.9 Å². The molecule has 0 radical (unpaired) electrons. The van der Waals surface area contributed by atoms with Gasteiger partial charge in [0.2, 0.25) is 11.8 Å². The number of alkyl halides is 2. The molecule has 3 unspecified atom stereocenters. The molecule has 2 aromatic heterocycles. The van der Waals surface area contributed by atoms with Gasteiger partial charge >= 0.3 is 5.92 Å². The number of anilines is 1. The van der Waals surface area contributed by atoms with E-state index in [-0.39, 0.29) is 22.2 Å². The predicted molar refractivity (Wildman–Crippen MR) is 181 cm³/mol. The molecule has 17 heteroatoms. The first-order chi connectivity index (χ1) is 24.4. The molecule has 4 amide bonds. The highest BCUT2D eigenvalue weighted by Gasteiger charge is 2.44. The summed E-state index contributed by atoms with van der Waals surface area (Å²) in [6.45, 7) is 3.42. The number of carbonyl (C=O) groups is 4. The Morgan fingerprint density at radius 3 is 2.35 bits per heavy atom. The van der Waals surface area contributed by atoms with E-state index in [1.165, 1.54) is 24.4 Å². The van der Waals surface area contributed by atoms with E-state index in [0.29, 0.717) is 44.6 Å². The fourth-order valence-corrected chi connectivity index (χ4v) is 6.77. The van der Waals surface area contributed by atoms with Crippen LogP contribution in [-0.4, -0.2) is 98.4 Å². The second-order valence-electron chi connectivity index (χ2n) is 13.0. The van der Waals surface area contributed by atoms with Gasteiger partial charge in [-0.05, 0) is 67.2 Å². The van der Waals surface area contributed by atoms with Gasteiger partial charge in [-0.15, -0.1) is 5.10 Å². The largest absolute Gasteiger partial charge is 0.390 e. The molecule has 3 heterocycles. The summed E-state index contributed by atoms with van der Waals surface area (Å²) in [5, 5.41) is 20.3. The normalized spacial score (nSPS) is 17.6. The van der Waals surface area contributed by atoms with Gasteiger partial charge in [0.25, 0.3) is 11.8 Å². The van der Waals surface area contributed by atoms with Crippen LogP contribution >= 0.6 is 11.5 Å². The van der Waals surface area contributed by atoms with Gasteiger partial charge in [-0.1, -0.05) is 36.7 Å². The molecule has 2 aliphatic rings. The number of benzene rings is 1. The van der Waals surface area contributed by atoms with E-state index in [2.05, 4.69) is 35.4 Å². The fraction of sp³-hybridized carbons (Fsp3) is 0.500. The lowest BCUT2D eigenvalue weighted by molar-refractivity contribution is -0.149. The third-order valence-electron chi connectivity index (χ3n) is 9.55. The molecule has 1 aliphatic carbocycles. The first kappa shape index (κ1) is 37.8. The molecule has 1 aliphatic heterocycles. The molecule has 13 nitrogen and oxygen atoms in total. The van der Waals surface area contributed by atoms with Crippen molar-refractivity contribution in [1.82, 2.24) is 35.0 Å². The Morgan fingerprint density at radius 1 is 1.02 bits per heavy atom. The van der Waals surface area contributed by atoms with Crippen molar-refractivity contribution in [3.8, 4) is 0 Å². The smallest absolute Gasteiger partial charge is 0.351 e. The second kappa shape index (κ2) is 16.7. The number of nitrogens with zero attached hydrogens (tertiary/aromatic N) is 5. The van der Waals surface area contributed by atoms with E-state index in [9.17, 15) is 24.3 Å². The molecule has 2 fully saturated rings. The van der Waals surface area contributed by atoms with E-state index in [4.69, 9.17) is 0 Å². The minimum Gasteiger partial charge on any atom is -0.390 e. The Bertz CT molecular complexity index is 1680. The fourth-order valence-electron chi connectivity index (χ4n) is 6.35. The Morgan fingerprint density at radius 2 is 1.75 bits per heavy atom. The minimum absolute atomic E-state index is 0.146. The van der Waals surface area contributed by atoms with Crippen LogP contribution in [0.1, 0.15) is 71.4 Å². The molecular formula is C34H41F3N8O5S. The highest BCUT2D eigenvalue weighted by molar-refractivity contribution is 7.07. The number of aliphatic hydroxyl groups is 1. The quantitative estimate of drug-likeness (QED) is 0.219. The average Bonchev–Trinajstić information content (AvgIpc) is 3.69. The molecule has 3 aromatic rings. The molecule has 3 atom stereocenters. The van der Waals surface area contributed by atoms with Crippen molar-refractivity contribution >= 4 is 40.8 Å². The zero-order chi connectivity index (χ0) is 36.7. The maximum absolute atomic E-state index is 15.7. The van der Waals surface area contributed by atoms with Crippen molar-refractivity contribution < 1.29 is 37.5 Å². The van der Waals surface area contributed by atoms with Crippen LogP contribution in [0.3, 0.4) is 0 Å². The highest BCUT2D eigenvalue weighted by Crippen LogP contribution is 2.32. The number of likely N-dealkylation sites (N-methyl/N-ethyl adjacent to an activating group) is 1. The van der Waals surface area contributed by atoms with E-state index < -0.39 is 65.6 Å².